The minimum atomic E-state index is -0.0222. The molecular formula is C12H13ClN2O. The molecule has 1 heterocycles. The second kappa shape index (κ2) is 4.28. The average molecular weight is 237 g/mol. The van der Waals surface area contributed by atoms with E-state index in [1.165, 1.54) is 0 Å². The first-order valence-corrected chi connectivity index (χ1v) is 5.50. The molecule has 0 spiro atoms. The van der Waals surface area contributed by atoms with Crippen LogP contribution in [0.25, 0.3) is 10.9 Å². The van der Waals surface area contributed by atoms with Gasteiger partial charge < -0.3 is 10.3 Å². The minimum absolute atomic E-state index is 0.0222. The van der Waals surface area contributed by atoms with Crippen LogP contribution in [0, 0.1) is 0 Å². The van der Waals surface area contributed by atoms with E-state index in [0.29, 0.717) is 18.0 Å². The quantitative estimate of drug-likeness (QED) is 0.863. The molecule has 0 aliphatic rings. The number of aryl methyl sites for hydroxylation is 1. The van der Waals surface area contributed by atoms with Crippen LogP contribution in [0.2, 0.25) is 5.02 Å². The molecule has 0 fully saturated rings. The summed E-state index contributed by atoms with van der Waals surface area (Å²) in [5.74, 6) is 0. The second-order valence-corrected chi connectivity index (χ2v) is 4.16. The van der Waals surface area contributed by atoms with Crippen LogP contribution < -0.4 is 11.3 Å². The van der Waals surface area contributed by atoms with E-state index in [1.54, 1.807) is 17.7 Å². The van der Waals surface area contributed by atoms with Gasteiger partial charge in [0.1, 0.15) is 0 Å². The smallest absolute Gasteiger partial charge is 0.254 e. The summed E-state index contributed by atoms with van der Waals surface area (Å²) in [5.41, 5.74) is 6.97. The molecule has 0 aliphatic carbocycles. The molecular weight excluding hydrogens is 224 g/mol. The summed E-state index contributed by atoms with van der Waals surface area (Å²) in [7, 11) is 1.73. The van der Waals surface area contributed by atoms with Crippen LogP contribution in [-0.4, -0.2) is 11.1 Å². The highest BCUT2D eigenvalue weighted by Gasteiger charge is 2.08. The van der Waals surface area contributed by atoms with E-state index in [-0.39, 0.29) is 5.56 Å². The van der Waals surface area contributed by atoms with Gasteiger partial charge in [-0.25, -0.2) is 0 Å². The number of fused-ring (bicyclic) bond motifs is 1. The average Bonchev–Trinajstić information content (AvgIpc) is 2.25. The molecule has 2 aromatic rings. The number of aromatic nitrogens is 1. The Morgan fingerprint density at radius 2 is 2.19 bits per heavy atom. The third-order valence-corrected chi connectivity index (χ3v) is 2.98. The summed E-state index contributed by atoms with van der Waals surface area (Å²) in [6, 6.07) is 7.48. The molecule has 4 heteroatoms. The topological polar surface area (TPSA) is 48.0 Å². The number of rotatable bonds is 2. The third-order valence-electron chi connectivity index (χ3n) is 2.68. The Morgan fingerprint density at radius 3 is 2.88 bits per heavy atom. The van der Waals surface area contributed by atoms with Gasteiger partial charge in [0.2, 0.25) is 0 Å². The Kier molecular flexibility index (Phi) is 2.99. The molecule has 0 atom stereocenters. The van der Waals surface area contributed by atoms with Crippen LogP contribution >= 0.6 is 11.6 Å². The predicted octanol–water partition coefficient (Wildman–Crippen LogP) is 1.69. The first kappa shape index (κ1) is 11.2. The minimum Gasteiger partial charge on any atom is -0.330 e. The number of benzene rings is 1. The van der Waals surface area contributed by atoms with Crippen molar-refractivity contribution in [2.45, 2.75) is 6.42 Å². The van der Waals surface area contributed by atoms with Crippen molar-refractivity contribution in [3.05, 3.63) is 45.2 Å². The molecule has 16 heavy (non-hydrogen) atoms. The molecule has 0 unspecified atom stereocenters. The number of nitrogens with zero attached hydrogens (tertiary/aromatic N) is 1. The summed E-state index contributed by atoms with van der Waals surface area (Å²) in [6.45, 7) is 0.474. The number of hydrogen-bond acceptors (Lipinski definition) is 2. The zero-order valence-corrected chi connectivity index (χ0v) is 9.79. The third kappa shape index (κ3) is 1.72. The van der Waals surface area contributed by atoms with E-state index in [2.05, 4.69) is 0 Å². The number of hydrogen-bond donors (Lipinski definition) is 1. The fraction of sp³-hybridized carbons (Fsp3) is 0.250. The highest BCUT2D eigenvalue weighted by molar-refractivity contribution is 6.35. The lowest BCUT2D eigenvalue weighted by Gasteiger charge is -2.09. The van der Waals surface area contributed by atoms with Crippen LogP contribution in [0.4, 0.5) is 0 Å². The molecule has 0 saturated heterocycles. The highest BCUT2D eigenvalue weighted by atomic mass is 35.5. The van der Waals surface area contributed by atoms with E-state index in [1.807, 2.05) is 18.2 Å². The van der Waals surface area contributed by atoms with Gasteiger partial charge in [0, 0.05) is 18.0 Å². The number of nitrogens with two attached hydrogens (primary N) is 1. The number of halogens is 1. The molecule has 84 valence electrons. The Morgan fingerprint density at radius 1 is 1.44 bits per heavy atom. The van der Waals surface area contributed by atoms with Crippen LogP contribution in [0.5, 0.6) is 0 Å². The van der Waals surface area contributed by atoms with Gasteiger partial charge in [0.25, 0.3) is 5.56 Å². The van der Waals surface area contributed by atoms with Gasteiger partial charge in [-0.2, -0.15) is 0 Å². The van der Waals surface area contributed by atoms with E-state index in [0.717, 1.165) is 16.5 Å². The summed E-state index contributed by atoms with van der Waals surface area (Å²) in [5, 5.41) is 1.56. The molecule has 2 N–H and O–H groups in total. The van der Waals surface area contributed by atoms with Gasteiger partial charge in [0.05, 0.1) is 10.5 Å². The number of pyridine rings is 1. The van der Waals surface area contributed by atoms with Gasteiger partial charge in [-0.1, -0.05) is 23.7 Å². The van der Waals surface area contributed by atoms with Gasteiger partial charge in [-0.15, -0.1) is 0 Å². The monoisotopic (exact) mass is 236 g/mol. The van der Waals surface area contributed by atoms with Crippen molar-refractivity contribution in [2.75, 3.05) is 6.54 Å². The Labute approximate surface area is 98.4 Å². The first-order chi connectivity index (χ1) is 7.65. The van der Waals surface area contributed by atoms with Gasteiger partial charge >= 0.3 is 0 Å². The van der Waals surface area contributed by atoms with Crippen LogP contribution in [0.15, 0.2) is 29.1 Å². The maximum Gasteiger partial charge on any atom is 0.254 e. The van der Waals surface area contributed by atoms with Crippen molar-refractivity contribution >= 4 is 22.5 Å². The van der Waals surface area contributed by atoms with Crippen LogP contribution in [0.1, 0.15) is 5.56 Å². The zero-order valence-electron chi connectivity index (χ0n) is 9.03. The molecule has 3 nitrogen and oxygen atoms in total. The highest BCUT2D eigenvalue weighted by Crippen LogP contribution is 2.21. The SMILES string of the molecule is Cn1c(=O)c(CCN)cc2cccc(Cl)c21. The Bertz CT molecular complexity index is 589. The molecule has 0 bridgehead atoms. The Hall–Kier alpha value is -1.32. The molecule has 2 rings (SSSR count). The second-order valence-electron chi connectivity index (χ2n) is 3.75. The van der Waals surface area contributed by atoms with Gasteiger partial charge in [-0.3, -0.25) is 4.79 Å². The Balaban J connectivity index is 2.83. The van der Waals surface area contributed by atoms with Crippen molar-refractivity contribution in [3.63, 3.8) is 0 Å². The van der Waals surface area contributed by atoms with E-state index in [4.69, 9.17) is 17.3 Å². The van der Waals surface area contributed by atoms with Crippen molar-refractivity contribution < 1.29 is 0 Å². The van der Waals surface area contributed by atoms with Gasteiger partial charge in [-0.05, 0) is 25.1 Å². The van der Waals surface area contributed by atoms with E-state index < -0.39 is 0 Å². The largest absolute Gasteiger partial charge is 0.330 e. The molecule has 0 radical (unpaired) electrons. The molecule has 0 aliphatic heterocycles. The summed E-state index contributed by atoms with van der Waals surface area (Å²) >= 11 is 6.08. The van der Waals surface area contributed by atoms with Gasteiger partial charge in [0.15, 0.2) is 0 Å². The van der Waals surface area contributed by atoms with Crippen molar-refractivity contribution in [2.24, 2.45) is 12.8 Å². The normalized spacial score (nSPS) is 10.9. The van der Waals surface area contributed by atoms with Crippen molar-refractivity contribution in [1.29, 1.82) is 0 Å². The van der Waals surface area contributed by atoms with Crippen LogP contribution in [-0.2, 0) is 13.5 Å². The summed E-state index contributed by atoms with van der Waals surface area (Å²) in [4.78, 5) is 12.0. The lowest BCUT2D eigenvalue weighted by Crippen LogP contribution is -2.23. The molecule has 0 amide bonds. The summed E-state index contributed by atoms with van der Waals surface area (Å²) in [6.07, 6.45) is 0.592. The predicted molar refractivity (Wildman–Crippen MR) is 67.0 cm³/mol. The number of para-hydroxylation sites is 1. The molecule has 1 aromatic carbocycles. The fourth-order valence-electron chi connectivity index (χ4n) is 1.90. The van der Waals surface area contributed by atoms with Crippen LogP contribution in [0.3, 0.4) is 0 Å². The van der Waals surface area contributed by atoms with E-state index in [9.17, 15) is 4.79 Å². The standard InChI is InChI=1S/C12H13ClN2O/c1-15-11-8(3-2-4-10(11)13)7-9(5-6-14)12(15)16/h2-4,7H,5-6,14H2,1H3. The maximum absolute atomic E-state index is 12.0. The zero-order chi connectivity index (χ0) is 11.7. The lowest BCUT2D eigenvalue weighted by molar-refractivity contribution is 0.857. The van der Waals surface area contributed by atoms with Crippen molar-refractivity contribution in [3.8, 4) is 0 Å². The molecule has 1 aromatic heterocycles. The fourth-order valence-corrected chi connectivity index (χ4v) is 2.21. The molecule has 0 saturated carbocycles. The first-order valence-electron chi connectivity index (χ1n) is 5.12. The van der Waals surface area contributed by atoms with E-state index >= 15 is 0 Å². The lowest BCUT2D eigenvalue weighted by atomic mass is 10.1. The van der Waals surface area contributed by atoms with Crippen molar-refractivity contribution in [1.82, 2.24) is 4.57 Å². The maximum atomic E-state index is 12.0. The summed E-state index contributed by atoms with van der Waals surface area (Å²) < 4.78 is 1.59.